The standard InChI is InChI=1S/C21H25N3O5S2/c1-13-4-5-14(2)17(10-13)31(27,28)18-11-22-21(24-20(18)26)30-12-19(25)23-15-6-8-16(29-3)9-7-15/h4-10,18,21-22H,11-12H2,1-3H3,(H,23,25)(H,24,26). The quantitative estimate of drug-likeness (QED) is 0.574. The summed E-state index contributed by atoms with van der Waals surface area (Å²) in [5.41, 5.74) is 1.49. The van der Waals surface area contributed by atoms with Crippen LogP contribution in [0.2, 0.25) is 0 Å². The first kappa shape index (κ1) is 23.1. The van der Waals surface area contributed by atoms with Gasteiger partial charge in [0.25, 0.3) is 0 Å². The van der Waals surface area contributed by atoms with Crippen molar-refractivity contribution in [2.75, 3.05) is 24.7 Å². The van der Waals surface area contributed by atoms with E-state index in [1.54, 1.807) is 57.4 Å². The predicted octanol–water partition coefficient (Wildman–Crippen LogP) is 1.83. The highest BCUT2D eigenvalue weighted by Gasteiger charge is 2.39. The highest BCUT2D eigenvalue weighted by Crippen LogP contribution is 2.24. The summed E-state index contributed by atoms with van der Waals surface area (Å²) in [4.78, 5) is 24.9. The number of thioether (sulfide) groups is 1. The second-order valence-electron chi connectivity index (χ2n) is 7.19. The summed E-state index contributed by atoms with van der Waals surface area (Å²) >= 11 is 1.18. The number of hydrogen-bond acceptors (Lipinski definition) is 7. The molecule has 8 nitrogen and oxygen atoms in total. The lowest BCUT2D eigenvalue weighted by atomic mass is 10.2. The zero-order valence-corrected chi connectivity index (χ0v) is 19.1. The van der Waals surface area contributed by atoms with Gasteiger partial charge in [0.05, 0.1) is 17.8 Å². The molecule has 1 heterocycles. The summed E-state index contributed by atoms with van der Waals surface area (Å²) in [7, 11) is -2.28. The van der Waals surface area contributed by atoms with Gasteiger partial charge in [0, 0.05) is 12.2 Å². The maximum Gasteiger partial charge on any atom is 0.241 e. The molecule has 166 valence electrons. The number of sulfone groups is 1. The van der Waals surface area contributed by atoms with Crippen LogP contribution in [0.3, 0.4) is 0 Å². The summed E-state index contributed by atoms with van der Waals surface area (Å²) in [6, 6.07) is 12.1. The van der Waals surface area contributed by atoms with Crippen molar-refractivity contribution in [2.24, 2.45) is 0 Å². The summed E-state index contributed by atoms with van der Waals surface area (Å²) < 4.78 is 31.1. The fourth-order valence-electron chi connectivity index (χ4n) is 3.13. The summed E-state index contributed by atoms with van der Waals surface area (Å²) in [5, 5.41) is 7.18. The van der Waals surface area contributed by atoms with Crippen molar-refractivity contribution in [3.63, 3.8) is 0 Å². The van der Waals surface area contributed by atoms with Crippen LogP contribution in [0.25, 0.3) is 0 Å². The number of hydrogen-bond donors (Lipinski definition) is 3. The van der Waals surface area contributed by atoms with Crippen molar-refractivity contribution < 1.29 is 22.7 Å². The first-order valence-electron chi connectivity index (χ1n) is 9.61. The van der Waals surface area contributed by atoms with E-state index >= 15 is 0 Å². The summed E-state index contributed by atoms with van der Waals surface area (Å²) in [5.74, 6) is -0.0471. The largest absolute Gasteiger partial charge is 0.497 e. The number of anilines is 1. The lowest BCUT2D eigenvalue weighted by Gasteiger charge is -2.30. The zero-order valence-electron chi connectivity index (χ0n) is 17.5. The normalized spacial score (nSPS) is 18.9. The van der Waals surface area contributed by atoms with Gasteiger partial charge in [-0.3, -0.25) is 14.9 Å². The van der Waals surface area contributed by atoms with E-state index in [9.17, 15) is 18.0 Å². The average Bonchev–Trinajstić information content (AvgIpc) is 2.74. The third kappa shape index (κ3) is 5.57. The monoisotopic (exact) mass is 463 g/mol. The molecule has 0 spiro atoms. The molecular formula is C21H25N3O5S2. The third-order valence-corrected chi connectivity index (χ3v) is 8.06. The fraction of sp³-hybridized carbons (Fsp3) is 0.333. The molecule has 2 amide bonds. The van der Waals surface area contributed by atoms with Gasteiger partial charge in [-0.1, -0.05) is 12.1 Å². The van der Waals surface area contributed by atoms with Crippen LogP contribution in [0.5, 0.6) is 5.75 Å². The number of carbonyl (C=O) groups excluding carboxylic acids is 2. The van der Waals surface area contributed by atoms with Crippen molar-refractivity contribution in [1.82, 2.24) is 10.6 Å². The number of methoxy groups -OCH3 is 1. The number of aryl methyl sites for hydroxylation is 2. The molecule has 31 heavy (non-hydrogen) atoms. The Labute approximate surface area is 186 Å². The zero-order chi connectivity index (χ0) is 22.6. The molecule has 0 saturated carbocycles. The number of benzene rings is 2. The van der Waals surface area contributed by atoms with Crippen molar-refractivity contribution >= 4 is 39.1 Å². The molecule has 1 aliphatic heterocycles. The van der Waals surface area contributed by atoms with E-state index in [1.165, 1.54) is 11.8 Å². The Hall–Kier alpha value is -2.56. The molecule has 3 N–H and O–H groups in total. The molecule has 0 bridgehead atoms. The van der Waals surface area contributed by atoms with Crippen LogP contribution in [-0.2, 0) is 19.4 Å². The molecule has 0 radical (unpaired) electrons. The Morgan fingerprint density at radius 1 is 1.19 bits per heavy atom. The maximum absolute atomic E-state index is 13.0. The Morgan fingerprint density at radius 2 is 1.90 bits per heavy atom. The van der Waals surface area contributed by atoms with Crippen LogP contribution in [0.4, 0.5) is 5.69 Å². The van der Waals surface area contributed by atoms with Gasteiger partial charge in [-0.2, -0.15) is 0 Å². The lowest BCUT2D eigenvalue weighted by Crippen LogP contribution is -2.59. The Morgan fingerprint density at radius 3 is 2.55 bits per heavy atom. The number of nitrogens with one attached hydrogen (secondary N) is 3. The second-order valence-corrected chi connectivity index (χ2v) is 10.4. The summed E-state index contributed by atoms with van der Waals surface area (Å²) in [6.45, 7) is 3.49. The van der Waals surface area contributed by atoms with Crippen molar-refractivity contribution in [2.45, 2.75) is 29.5 Å². The Bertz CT molecular complexity index is 1070. The Kier molecular flexibility index (Phi) is 7.24. The molecular weight excluding hydrogens is 438 g/mol. The highest BCUT2D eigenvalue weighted by molar-refractivity contribution is 8.00. The summed E-state index contributed by atoms with van der Waals surface area (Å²) in [6.07, 6.45) is 0. The van der Waals surface area contributed by atoms with Crippen molar-refractivity contribution in [1.29, 1.82) is 0 Å². The number of rotatable bonds is 7. The average molecular weight is 464 g/mol. The molecule has 2 aromatic carbocycles. The van der Waals surface area contributed by atoms with Gasteiger partial charge in [0.2, 0.25) is 11.8 Å². The van der Waals surface area contributed by atoms with E-state index < -0.39 is 26.5 Å². The second kappa shape index (κ2) is 9.71. The van der Waals surface area contributed by atoms with E-state index in [0.717, 1.165) is 5.56 Å². The topological polar surface area (TPSA) is 114 Å². The Balaban J connectivity index is 1.55. The number of amides is 2. The van der Waals surface area contributed by atoms with Gasteiger partial charge < -0.3 is 15.4 Å². The van der Waals surface area contributed by atoms with Crippen molar-refractivity contribution in [3.05, 3.63) is 53.6 Å². The smallest absolute Gasteiger partial charge is 0.241 e. The van der Waals surface area contributed by atoms with Crippen LogP contribution in [-0.4, -0.2) is 50.4 Å². The van der Waals surface area contributed by atoms with Crippen molar-refractivity contribution in [3.8, 4) is 5.75 Å². The van der Waals surface area contributed by atoms with Gasteiger partial charge in [0.1, 0.15) is 11.2 Å². The molecule has 3 rings (SSSR count). The minimum absolute atomic E-state index is 0.0285. The molecule has 2 atom stereocenters. The van der Waals surface area contributed by atoms with Crippen LogP contribution < -0.4 is 20.7 Å². The lowest BCUT2D eigenvalue weighted by molar-refractivity contribution is -0.122. The van der Waals surface area contributed by atoms with E-state index in [-0.39, 0.29) is 23.1 Å². The van der Waals surface area contributed by atoms with E-state index in [1.807, 2.05) is 6.07 Å². The van der Waals surface area contributed by atoms with E-state index in [2.05, 4.69) is 16.0 Å². The fourth-order valence-corrected chi connectivity index (χ4v) is 5.77. The SMILES string of the molecule is COc1ccc(NC(=O)CSC2NCC(S(=O)(=O)c3cc(C)ccc3C)C(=O)N2)cc1. The molecule has 1 saturated heterocycles. The van der Waals surface area contributed by atoms with Crippen LogP contribution in [0.1, 0.15) is 11.1 Å². The molecule has 10 heteroatoms. The molecule has 1 fully saturated rings. The minimum Gasteiger partial charge on any atom is -0.497 e. The molecule has 2 aromatic rings. The van der Waals surface area contributed by atoms with Crippen LogP contribution in [0.15, 0.2) is 47.4 Å². The highest BCUT2D eigenvalue weighted by atomic mass is 32.2. The van der Waals surface area contributed by atoms with Gasteiger partial charge in [-0.15, -0.1) is 11.8 Å². The third-order valence-electron chi connectivity index (χ3n) is 4.83. The number of ether oxygens (including phenoxy) is 1. The van der Waals surface area contributed by atoms with E-state index in [4.69, 9.17) is 4.74 Å². The first-order chi connectivity index (χ1) is 14.7. The van der Waals surface area contributed by atoms with Gasteiger partial charge in [0.15, 0.2) is 15.1 Å². The maximum atomic E-state index is 13.0. The van der Waals surface area contributed by atoms with Gasteiger partial charge in [-0.05, 0) is 55.3 Å². The van der Waals surface area contributed by atoms with E-state index in [0.29, 0.717) is 17.0 Å². The van der Waals surface area contributed by atoms with Crippen LogP contribution in [0, 0.1) is 13.8 Å². The first-order valence-corrected chi connectivity index (χ1v) is 12.2. The van der Waals surface area contributed by atoms with Gasteiger partial charge in [-0.25, -0.2) is 8.42 Å². The molecule has 1 aliphatic rings. The minimum atomic E-state index is -3.84. The molecule has 0 aliphatic carbocycles. The number of carbonyl (C=O) groups is 2. The van der Waals surface area contributed by atoms with Crippen LogP contribution >= 0.6 is 11.8 Å². The molecule has 0 aromatic heterocycles. The van der Waals surface area contributed by atoms with Gasteiger partial charge >= 0.3 is 0 Å². The predicted molar refractivity (Wildman–Crippen MR) is 121 cm³/mol. The molecule has 2 unspecified atom stereocenters.